The van der Waals surface area contributed by atoms with Crippen molar-refractivity contribution in [1.82, 2.24) is 0 Å². The number of ether oxygens (including phenoxy) is 1. The molecule has 0 bridgehead atoms. The summed E-state index contributed by atoms with van der Waals surface area (Å²) in [4.78, 5) is 0. The summed E-state index contributed by atoms with van der Waals surface area (Å²) in [6.07, 6.45) is 3.16. The van der Waals surface area contributed by atoms with Crippen LogP contribution in [0.4, 0.5) is 0 Å². The first-order chi connectivity index (χ1) is 8.06. The van der Waals surface area contributed by atoms with Crippen molar-refractivity contribution in [2.45, 2.75) is 46.1 Å². The van der Waals surface area contributed by atoms with Gasteiger partial charge >= 0.3 is 0 Å². The zero-order chi connectivity index (χ0) is 12.8. The SMILES string of the molecule is CCc1ccc(OC)c(CC(C)CC(C)N)c1. The largest absolute Gasteiger partial charge is 0.496 e. The molecule has 0 aliphatic heterocycles. The summed E-state index contributed by atoms with van der Waals surface area (Å²) in [6, 6.07) is 6.74. The predicted molar refractivity (Wildman–Crippen MR) is 73.5 cm³/mol. The smallest absolute Gasteiger partial charge is 0.122 e. The van der Waals surface area contributed by atoms with Crippen molar-refractivity contribution in [3.05, 3.63) is 29.3 Å². The van der Waals surface area contributed by atoms with Gasteiger partial charge in [-0.2, -0.15) is 0 Å². The third kappa shape index (κ3) is 4.39. The number of benzene rings is 1. The molecular formula is C15H25NO. The molecule has 0 saturated carbocycles. The molecule has 0 aliphatic rings. The molecule has 0 aliphatic carbocycles. The zero-order valence-corrected chi connectivity index (χ0v) is 11.5. The van der Waals surface area contributed by atoms with Crippen molar-refractivity contribution in [3.8, 4) is 5.75 Å². The van der Waals surface area contributed by atoms with E-state index in [1.165, 1.54) is 11.1 Å². The van der Waals surface area contributed by atoms with Crippen LogP contribution in [0.5, 0.6) is 5.75 Å². The lowest BCUT2D eigenvalue weighted by molar-refractivity contribution is 0.401. The molecule has 17 heavy (non-hydrogen) atoms. The zero-order valence-electron chi connectivity index (χ0n) is 11.5. The van der Waals surface area contributed by atoms with E-state index >= 15 is 0 Å². The van der Waals surface area contributed by atoms with Gasteiger partial charge in [0.15, 0.2) is 0 Å². The molecule has 2 N–H and O–H groups in total. The van der Waals surface area contributed by atoms with Gasteiger partial charge in [-0.05, 0) is 49.3 Å². The molecule has 2 unspecified atom stereocenters. The number of nitrogens with two attached hydrogens (primary N) is 1. The Morgan fingerprint density at radius 1 is 1.29 bits per heavy atom. The third-order valence-electron chi connectivity index (χ3n) is 3.10. The highest BCUT2D eigenvalue weighted by molar-refractivity contribution is 5.37. The van der Waals surface area contributed by atoms with Crippen molar-refractivity contribution in [2.75, 3.05) is 7.11 Å². The summed E-state index contributed by atoms with van der Waals surface area (Å²) in [7, 11) is 1.74. The minimum Gasteiger partial charge on any atom is -0.496 e. The van der Waals surface area contributed by atoms with Crippen molar-refractivity contribution < 1.29 is 4.74 Å². The normalized spacial score (nSPS) is 14.4. The second-order valence-electron chi connectivity index (χ2n) is 5.02. The molecule has 2 nitrogen and oxygen atoms in total. The summed E-state index contributed by atoms with van der Waals surface area (Å²) in [5.74, 6) is 1.59. The van der Waals surface area contributed by atoms with E-state index in [2.05, 4.69) is 39.0 Å². The molecule has 1 rings (SSSR count). The minimum absolute atomic E-state index is 0.269. The van der Waals surface area contributed by atoms with Crippen LogP contribution in [-0.2, 0) is 12.8 Å². The quantitative estimate of drug-likeness (QED) is 0.822. The standard InChI is InChI=1S/C15H25NO/c1-5-13-6-7-15(17-4)14(10-13)9-11(2)8-12(3)16/h6-7,10-12H,5,8-9,16H2,1-4H3. The monoisotopic (exact) mass is 235 g/mol. The van der Waals surface area contributed by atoms with Crippen LogP contribution in [0.3, 0.4) is 0 Å². The van der Waals surface area contributed by atoms with Crippen LogP contribution in [0.2, 0.25) is 0 Å². The fourth-order valence-electron chi connectivity index (χ4n) is 2.30. The van der Waals surface area contributed by atoms with Crippen LogP contribution in [0.25, 0.3) is 0 Å². The number of rotatable bonds is 6. The van der Waals surface area contributed by atoms with E-state index in [1.807, 2.05) is 0 Å². The minimum atomic E-state index is 0.269. The summed E-state index contributed by atoms with van der Waals surface area (Å²) < 4.78 is 5.42. The summed E-state index contributed by atoms with van der Waals surface area (Å²) >= 11 is 0. The molecule has 0 saturated heterocycles. The Hall–Kier alpha value is -1.02. The van der Waals surface area contributed by atoms with E-state index in [0.717, 1.165) is 25.0 Å². The molecule has 0 spiro atoms. The molecule has 2 atom stereocenters. The average Bonchev–Trinajstić information content (AvgIpc) is 2.27. The van der Waals surface area contributed by atoms with Crippen molar-refractivity contribution >= 4 is 0 Å². The third-order valence-corrected chi connectivity index (χ3v) is 3.10. The highest BCUT2D eigenvalue weighted by Crippen LogP contribution is 2.24. The van der Waals surface area contributed by atoms with E-state index < -0.39 is 0 Å². The maximum Gasteiger partial charge on any atom is 0.122 e. The molecule has 1 aromatic carbocycles. The maximum atomic E-state index is 5.84. The van der Waals surface area contributed by atoms with Crippen LogP contribution in [0.1, 0.15) is 38.3 Å². The molecule has 0 aromatic heterocycles. The highest BCUT2D eigenvalue weighted by Gasteiger charge is 2.10. The van der Waals surface area contributed by atoms with E-state index in [0.29, 0.717) is 5.92 Å². The lowest BCUT2D eigenvalue weighted by Crippen LogP contribution is -2.19. The Bertz CT molecular complexity index is 347. The Labute approximate surface area is 105 Å². The molecular weight excluding hydrogens is 210 g/mol. The molecule has 0 radical (unpaired) electrons. The molecule has 0 amide bonds. The number of hydrogen-bond donors (Lipinski definition) is 1. The van der Waals surface area contributed by atoms with Gasteiger partial charge in [0.25, 0.3) is 0 Å². The van der Waals surface area contributed by atoms with Gasteiger partial charge in [-0.3, -0.25) is 0 Å². The van der Waals surface area contributed by atoms with E-state index in [4.69, 9.17) is 10.5 Å². The van der Waals surface area contributed by atoms with Gasteiger partial charge in [-0.15, -0.1) is 0 Å². The summed E-state index contributed by atoms with van der Waals surface area (Å²) in [6.45, 7) is 6.49. The van der Waals surface area contributed by atoms with Crippen LogP contribution in [0, 0.1) is 5.92 Å². The van der Waals surface area contributed by atoms with Gasteiger partial charge < -0.3 is 10.5 Å². The van der Waals surface area contributed by atoms with Gasteiger partial charge in [0.05, 0.1) is 7.11 Å². The van der Waals surface area contributed by atoms with Gasteiger partial charge in [0.2, 0.25) is 0 Å². The number of aryl methyl sites for hydroxylation is 1. The molecule has 96 valence electrons. The topological polar surface area (TPSA) is 35.2 Å². The van der Waals surface area contributed by atoms with Gasteiger partial charge in [-0.1, -0.05) is 26.0 Å². The van der Waals surface area contributed by atoms with Crippen LogP contribution in [-0.4, -0.2) is 13.2 Å². The Kier molecular flexibility index (Phi) is 5.49. The maximum absolute atomic E-state index is 5.84. The second kappa shape index (κ2) is 6.65. The lowest BCUT2D eigenvalue weighted by Gasteiger charge is -2.16. The van der Waals surface area contributed by atoms with E-state index in [1.54, 1.807) is 7.11 Å². The molecule has 1 aromatic rings. The average molecular weight is 235 g/mol. The van der Waals surface area contributed by atoms with Crippen molar-refractivity contribution in [1.29, 1.82) is 0 Å². The van der Waals surface area contributed by atoms with Crippen molar-refractivity contribution in [3.63, 3.8) is 0 Å². The first kappa shape index (κ1) is 14.0. The first-order valence-corrected chi connectivity index (χ1v) is 6.48. The molecule has 2 heteroatoms. The van der Waals surface area contributed by atoms with Gasteiger partial charge in [0, 0.05) is 6.04 Å². The fourth-order valence-corrected chi connectivity index (χ4v) is 2.30. The number of hydrogen-bond acceptors (Lipinski definition) is 2. The number of methoxy groups -OCH3 is 1. The summed E-state index contributed by atoms with van der Waals surface area (Å²) in [5, 5.41) is 0. The van der Waals surface area contributed by atoms with Crippen molar-refractivity contribution in [2.24, 2.45) is 11.7 Å². The highest BCUT2D eigenvalue weighted by atomic mass is 16.5. The lowest BCUT2D eigenvalue weighted by atomic mass is 9.93. The Morgan fingerprint density at radius 2 is 2.00 bits per heavy atom. The predicted octanol–water partition coefficient (Wildman–Crippen LogP) is 3.17. The molecule has 0 fully saturated rings. The summed E-state index contributed by atoms with van der Waals surface area (Å²) in [5.41, 5.74) is 8.52. The van der Waals surface area contributed by atoms with Crippen LogP contribution in [0.15, 0.2) is 18.2 Å². The van der Waals surface area contributed by atoms with E-state index in [9.17, 15) is 0 Å². The first-order valence-electron chi connectivity index (χ1n) is 6.48. The van der Waals surface area contributed by atoms with E-state index in [-0.39, 0.29) is 6.04 Å². The molecule has 0 heterocycles. The second-order valence-corrected chi connectivity index (χ2v) is 5.02. The van der Waals surface area contributed by atoms with Crippen LogP contribution >= 0.6 is 0 Å². The Balaban J connectivity index is 2.80. The fraction of sp³-hybridized carbons (Fsp3) is 0.600. The van der Waals surface area contributed by atoms with Crippen LogP contribution < -0.4 is 10.5 Å². The van der Waals surface area contributed by atoms with Gasteiger partial charge in [-0.25, -0.2) is 0 Å². The Morgan fingerprint density at radius 3 is 2.53 bits per heavy atom. The van der Waals surface area contributed by atoms with Gasteiger partial charge in [0.1, 0.15) is 5.75 Å².